The molecule has 0 bridgehead atoms. The van der Waals surface area contributed by atoms with Gasteiger partial charge in [0.15, 0.2) is 0 Å². The second-order valence-corrected chi connectivity index (χ2v) is 13.8. The number of hydrogen-bond acceptors (Lipinski definition) is 3. The van der Waals surface area contributed by atoms with Gasteiger partial charge in [-0.25, -0.2) is 0 Å². The maximum absolute atomic E-state index is 10.9. The van der Waals surface area contributed by atoms with Crippen molar-refractivity contribution in [2.45, 2.75) is 213 Å². The van der Waals surface area contributed by atoms with Gasteiger partial charge in [-0.15, -0.1) is 0 Å². The van der Waals surface area contributed by atoms with E-state index in [1.54, 1.807) is 0 Å². The van der Waals surface area contributed by atoms with Crippen molar-refractivity contribution in [1.82, 2.24) is 4.90 Å². The van der Waals surface area contributed by atoms with Crippen LogP contribution in [0.25, 0.3) is 0 Å². The highest BCUT2D eigenvalue weighted by Gasteiger charge is 2.08. The van der Waals surface area contributed by atoms with E-state index >= 15 is 0 Å². The largest absolute Gasteiger partial charge is 0.465 e. The van der Waals surface area contributed by atoms with Crippen molar-refractivity contribution in [1.29, 1.82) is 0 Å². The summed E-state index contributed by atoms with van der Waals surface area (Å²) in [6.07, 6.45) is 51.5. The second-order valence-electron chi connectivity index (χ2n) is 13.8. The first kappa shape index (κ1) is 46.8. The summed E-state index contributed by atoms with van der Waals surface area (Å²) >= 11 is 0. The number of rotatable bonds is 35. The molecule has 1 atom stereocenters. The fraction of sp³-hybridized carbons (Fsp3) is 0.837. The smallest absolute Gasteiger partial charge is 0.293 e. The van der Waals surface area contributed by atoms with Crippen molar-refractivity contribution in [2.24, 2.45) is 0 Å². The highest BCUT2D eigenvalue weighted by molar-refractivity contribution is 5.37. The zero-order valence-corrected chi connectivity index (χ0v) is 32.1. The molecular formula is C43H83NO2. The van der Waals surface area contributed by atoms with Crippen LogP contribution in [0.3, 0.4) is 0 Å². The van der Waals surface area contributed by atoms with Crippen LogP contribution in [0.4, 0.5) is 0 Å². The maximum atomic E-state index is 10.9. The molecule has 0 amide bonds. The lowest BCUT2D eigenvalue weighted by atomic mass is 10.0. The molecule has 0 spiro atoms. The van der Waals surface area contributed by atoms with Crippen molar-refractivity contribution >= 4 is 6.47 Å². The van der Waals surface area contributed by atoms with Gasteiger partial charge in [0.05, 0.1) is 0 Å². The lowest BCUT2D eigenvalue weighted by Gasteiger charge is -2.15. The molecule has 0 aliphatic carbocycles. The molecule has 46 heavy (non-hydrogen) atoms. The first-order valence-corrected chi connectivity index (χ1v) is 20.3. The molecule has 0 heterocycles. The van der Waals surface area contributed by atoms with Crippen LogP contribution in [0.1, 0.15) is 207 Å². The van der Waals surface area contributed by atoms with E-state index in [9.17, 15) is 4.79 Å². The predicted octanol–water partition coefficient (Wildman–Crippen LogP) is 14.1. The maximum Gasteiger partial charge on any atom is 0.293 e. The average molecular weight is 646 g/mol. The van der Waals surface area contributed by atoms with Crippen molar-refractivity contribution in [2.75, 3.05) is 20.6 Å². The number of carbonyl (C=O) groups is 1. The van der Waals surface area contributed by atoms with E-state index in [0.717, 1.165) is 19.3 Å². The fourth-order valence-electron chi connectivity index (χ4n) is 5.64. The Morgan fingerprint density at radius 2 is 0.804 bits per heavy atom. The molecule has 0 aromatic carbocycles. The van der Waals surface area contributed by atoms with Crippen LogP contribution in [0.15, 0.2) is 36.5 Å². The number of ether oxygens (including phenoxy) is 1. The molecule has 0 saturated heterocycles. The first-order chi connectivity index (χ1) is 22.6. The van der Waals surface area contributed by atoms with Gasteiger partial charge in [0.2, 0.25) is 0 Å². The number of carbonyl (C=O) groups excluding carboxylic acids is 1. The molecule has 0 aliphatic rings. The molecular weight excluding hydrogens is 562 g/mol. The lowest BCUT2D eigenvalue weighted by molar-refractivity contribution is -0.134. The lowest BCUT2D eigenvalue weighted by Crippen LogP contribution is -2.12. The third kappa shape index (κ3) is 44.8. The molecule has 0 saturated carbocycles. The Labute approximate surface area is 290 Å². The van der Waals surface area contributed by atoms with Crippen LogP contribution >= 0.6 is 0 Å². The monoisotopic (exact) mass is 646 g/mol. The topological polar surface area (TPSA) is 29.5 Å². The minimum absolute atomic E-state index is 0.139. The van der Waals surface area contributed by atoms with Gasteiger partial charge in [0.25, 0.3) is 6.47 Å². The number of allylic oxidation sites excluding steroid dienone is 6. The Bertz CT molecular complexity index is 639. The molecule has 3 nitrogen and oxygen atoms in total. The Balaban J connectivity index is 0. The molecule has 0 aromatic rings. The van der Waals surface area contributed by atoms with Crippen molar-refractivity contribution in [3.63, 3.8) is 0 Å². The molecule has 0 rings (SSSR count). The minimum Gasteiger partial charge on any atom is -0.465 e. The van der Waals surface area contributed by atoms with Crippen LogP contribution in [-0.2, 0) is 9.53 Å². The number of nitrogens with zero attached hydrogens (tertiary/aromatic N) is 1. The Kier molecular flexibility index (Phi) is 44.4. The van der Waals surface area contributed by atoms with E-state index < -0.39 is 0 Å². The van der Waals surface area contributed by atoms with E-state index in [0.29, 0.717) is 6.47 Å². The van der Waals surface area contributed by atoms with Crippen LogP contribution in [-0.4, -0.2) is 38.1 Å². The van der Waals surface area contributed by atoms with Gasteiger partial charge in [-0.2, -0.15) is 0 Å². The molecule has 272 valence electrons. The Morgan fingerprint density at radius 3 is 1.20 bits per heavy atom. The highest BCUT2D eigenvalue weighted by Crippen LogP contribution is 2.17. The van der Waals surface area contributed by atoms with E-state index in [4.69, 9.17) is 4.74 Å². The molecule has 3 heteroatoms. The number of unbranched alkanes of at least 4 members (excludes halogenated alkanes) is 21. The normalized spacial score (nSPS) is 12.4. The Hall–Kier alpha value is -1.35. The second kappa shape index (κ2) is 43.6. The molecule has 0 radical (unpaired) electrons. The summed E-state index contributed by atoms with van der Waals surface area (Å²) in [7, 11) is 4.21. The minimum atomic E-state index is 0.139. The third-order valence-corrected chi connectivity index (χ3v) is 8.72. The van der Waals surface area contributed by atoms with Gasteiger partial charge in [-0.3, -0.25) is 4.79 Å². The summed E-state index contributed by atoms with van der Waals surface area (Å²) in [5, 5.41) is 0. The summed E-state index contributed by atoms with van der Waals surface area (Å²) in [4.78, 5) is 13.1. The van der Waals surface area contributed by atoms with Crippen LogP contribution in [0.5, 0.6) is 0 Å². The third-order valence-electron chi connectivity index (χ3n) is 8.72. The van der Waals surface area contributed by atoms with Crippen molar-refractivity contribution in [3.8, 4) is 0 Å². The SMILES string of the molecule is CCCCC/C=C\C/C=C\CCCCCCCCC(CCCCCCCC/C=C\CCCCCCC)OC=O.CCCCN(C)C. The summed E-state index contributed by atoms with van der Waals surface area (Å²) in [6.45, 7) is 8.65. The van der Waals surface area contributed by atoms with Crippen LogP contribution in [0, 0.1) is 0 Å². The van der Waals surface area contributed by atoms with Crippen molar-refractivity contribution < 1.29 is 9.53 Å². The van der Waals surface area contributed by atoms with Gasteiger partial charge < -0.3 is 9.64 Å². The summed E-state index contributed by atoms with van der Waals surface area (Å²) in [6, 6.07) is 0. The average Bonchev–Trinajstić information content (AvgIpc) is 3.05. The molecule has 0 aliphatic heterocycles. The summed E-state index contributed by atoms with van der Waals surface area (Å²) < 4.78 is 5.38. The van der Waals surface area contributed by atoms with E-state index in [1.165, 1.54) is 173 Å². The first-order valence-electron chi connectivity index (χ1n) is 20.3. The zero-order valence-electron chi connectivity index (χ0n) is 32.1. The van der Waals surface area contributed by atoms with Gasteiger partial charge in [-0.05, 0) is 111 Å². The zero-order chi connectivity index (χ0) is 34.0. The summed E-state index contributed by atoms with van der Waals surface area (Å²) in [5.74, 6) is 0. The van der Waals surface area contributed by atoms with Gasteiger partial charge in [0, 0.05) is 0 Å². The van der Waals surface area contributed by atoms with Crippen molar-refractivity contribution in [3.05, 3.63) is 36.5 Å². The van der Waals surface area contributed by atoms with E-state index in [1.807, 2.05) is 0 Å². The molecule has 1 unspecified atom stereocenters. The van der Waals surface area contributed by atoms with Gasteiger partial charge in [-0.1, -0.05) is 154 Å². The van der Waals surface area contributed by atoms with E-state index in [-0.39, 0.29) is 6.10 Å². The van der Waals surface area contributed by atoms with Crippen LogP contribution < -0.4 is 0 Å². The summed E-state index contributed by atoms with van der Waals surface area (Å²) in [5.41, 5.74) is 0. The number of hydrogen-bond donors (Lipinski definition) is 0. The molecule has 0 N–H and O–H groups in total. The van der Waals surface area contributed by atoms with Gasteiger partial charge >= 0.3 is 0 Å². The van der Waals surface area contributed by atoms with E-state index in [2.05, 4.69) is 76.2 Å². The molecule has 0 aromatic heterocycles. The quantitative estimate of drug-likeness (QED) is 0.0390. The van der Waals surface area contributed by atoms with Crippen LogP contribution in [0.2, 0.25) is 0 Å². The highest BCUT2D eigenvalue weighted by atomic mass is 16.5. The fourth-order valence-corrected chi connectivity index (χ4v) is 5.64. The Morgan fingerprint density at radius 1 is 0.457 bits per heavy atom. The standard InChI is InChI=1S/C37H68O2.C6H15N/c1-3-5-7-9-11-13-15-17-19-21-23-25-27-29-31-33-35-37(39-36-38)34-32-30-28-26-24-22-20-18-16-14-12-10-8-6-4-2;1-4-5-6-7(2)3/h11,13,16-19,36-37H,3-10,12,14-15,20-35H2,1-2H3;4-6H2,1-3H3/b13-11-,18-16-,19-17-;. The van der Waals surface area contributed by atoms with Gasteiger partial charge in [0.1, 0.15) is 6.10 Å². The molecule has 0 fully saturated rings. The predicted molar refractivity (Wildman–Crippen MR) is 208 cm³/mol.